The Labute approximate surface area is 122 Å². The fourth-order valence-electron chi connectivity index (χ4n) is 1.76. The molecule has 7 heteroatoms. The third-order valence-corrected chi connectivity index (χ3v) is 4.82. The first-order valence-corrected chi connectivity index (χ1v) is 7.73. The standard InChI is InChI=1S/C13H13ClN2O3S/c1-19-13-9(3-2-6-16-13)8-20(17,18)12-7-10(15)4-5-11(12)14/h2-7H,8,15H2,1H3. The van der Waals surface area contributed by atoms with E-state index in [2.05, 4.69) is 4.98 Å². The van der Waals surface area contributed by atoms with Crippen molar-refractivity contribution in [1.82, 2.24) is 4.98 Å². The van der Waals surface area contributed by atoms with Crippen molar-refractivity contribution in [3.63, 3.8) is 0 Å². The second kappa shape index (κ2) is 5.68. The maximum absolute atomic E-state index is 12.4. The molecule has 0 aliphatic carbocycles. The Morgan fingerprint density at radius 2 is 2.10 bits per heavy atom. The third-order valence-electron chi connectivity index (χ3n) is 2.68. The van der Waals surface area contributed by atoms with Gasteiger partial charge >= 0.3 is 0 Å². The normalized spacial score (nSPS) is 11.3. The lowest BCUT2D eigenvalue weighted by Crippen LogP contribution is -2.08. The van der Waals surface area contributed by atoms with Crippen LogP contribution in [0.15, 0.2) is 41.4 Å². The van der Waals surface area contributed by atoms with Gasteiger partial charge in [0.1, 0.15) is 0 Å². The van der Waals surface area contributed by atoms with Gasteiger partial charge in [0.25, 0.3) is 0 Å². The Balaban J connectivity index is 2.43. The quantitative estimate of drug-likeness (QED) is 0.876. The van der Waals surface area contributed by atoms with Gasteiger partial charge < -0.3 is 10.5 Å². The molecule has 0 radical (unpaired) electrons. The molecule has 0 spiro atoms. The number of hydrogen-bond donors (Lipinski definition) is 1. The lowest BCUT2D eigenvalue weighted by atomic mass is 10.3. The smallest absolute Gasteiger partial charge is 0.217 e. The van der Waals surface area contributed by atoms with Crippen LogP contribution in [0.3, 0.4) is 0 Å². The predicted molar refractivity (Wildman–Crippen MR) is 77.5 cm³/mol. The van der Waals surface area contributed by atoms with E-state index in [0.717, 1.165) is 0 Å². The second-order valence-electron chi connectivity index (χ2n) is 4.12. The van der Waals surface area contributed by atoms with Crippen molar-refractivity contribution in [3.8, 4) is 5.88 Å². The predicted octanol–water partition coefficient (Wildman–Crippen LogP) is 2.30. The average Bonchev–Trinajstić information content (AvgIpc) is 2.41. The summed E-state index contributed by atoms with van der Waals surface area (Å²) in [4.78, 5) is 3.98. The van der Waals surface area contributed by atoms with E-state index in [1.54, 1.807) is 18.2 Å². The van der Waals surface area contributed by atoms with Crippen molar-refractivity contribution < 1.29 is 13.2 Å². The van der Waals surface area contributed by atoms with Gasteiger partial charge in [-0.15, -0.1) is 0 Å². The molecule has 1 heterocycles. The van der Waals surface area contributed by atoms with E-state index in [9.17, 15) is 8.42 Å². The van der Waals surface area contributed by atoms with Crippen molar-refractivity contribution in [2.45, 2.75) is 10.6 Å². The SMILES string of the molecule is COc1ncccc1CS(=O)(=O)c1cc(N)ccc1Cl. The van der Waals surface area contributed by atoms with Gasteiger partial charge in [0, 0.05) is 17.4 Å². The summed E-state index contributed by atoms with van der Waals surface area (Å²) in [5.74, 6) is 0.0174. The summed E-state index contributed by atoms with van der Waals surface area (Å²) in [5, 5.41) is 0.141. The summed E-state index contributed by atoms with van der Waals surface area (Å²) >= 11 is 5.94. The van der Waals surface area contributed by atoms with Gasteiger partial charge in [-0.25, -0.2) is 13.4 Å². The molecule has 20 heavy (non-hydrogen) atoms. The molecule has 0 unspecified atom stereocenters. The van der Waals surface area contributed by atoms with Crippen LogP contribution in [0.4, 0.5) is 5.69 Å². The van der Waals surface area contributed by atoms with E-state index in [4.69, 9.17) is 22.1 Å². The van der Waals surface area contributed by atoms with Gasteiger partial charge in [-0.3, -0.25) is 0 Å². The highest BCUT2D eigenvalue weighted by atomic mass is 35.5. The minimum Gasteiger partial charge on any atom is -0.481 e. The molecule has 2 rings (SSSR count). The van der Waals surface area contributed by atoms with Crippen LogP contribution in [0.5, 0.6) is 5.88 Å². The van der Waals surface area contributed by atoms with E-state index in [0.29, 0.717) is 11.3 Å². The maximum atomic E-state index is 12.4. The van der Waals surface area contributed by atoms with Crippen molar-refractivity contribution in [1.29, 1.82) is 0 Å². The van der Waals surface area contributed by atoms with Gasteiger partial charge in [0.05, 0.1) is 22.8 Å². The van der Waals surface area contributed by atoms with Gasteiger partial charge in [0.2, 0.25) is 5.88 Å². The molecule has 1 aromatic carbocycles. The van der Waals surface area contributed by atoms with Crippen LogP contribution in [-0.4, -0.2) is 20.5 Å². The van der Waals surface area contributed by atoms with E-state index < -0.39 is 9.84 Å². The van der Waals surface area contributed by atoms with E-state index in [1.807, 2.05) is 0 Å². The molecule has 0 saturated carbocycles. The van der Waals surface area contributed by atoms with Gasteiger partial charge in [-0.1, -0.05) is 17.7 Å². The van der Waals surface area contributed by atoms with Crippen LogP contribution in [-0.2, 0) is 15.6 Å². The molecule has 0 fully saturated rings. The summed E-state index contributed by atoms with van der Waals surface area (Å²) in [5.41, 5.74) is 6.42. The Morgan fingerprint density at radius 1 is 1.35 bits per heavy atom. The summed E-state index contributed by atoms with van der Waals surface area (Å²) < 4.78 is 29.9. The van der Waals surface area contributed by atoms with Gasteiger partial charge in [-0.05, 0) is 24.3 Å². The summed E-state index contributed by atoms with van der Waals surface area (Å²) in [6, 6.07) is 7.65. The van der Waals surface area contributed by atoms with E-state index in [-0.39, 0.29) is 21.6 Å². The molecule has 2 aromatic rings. The molecule has 2 N–H and O–H groups in total. The topological polar surface area (TPSA) is 82.3 Å². The van der Waals surface area contributed by atoms with Crippen LogP contribution in [0, 0.1) is 0 Å². The molecule has 106 valence electrons. The molecule has 1 aromatic heterocycles. The zero-order valence-corrected chi connectivity index (χ0v) is 12.3. The van der Waals surface area contributed by atoms with Crippen molar-refractivity contribution in [3.05, 3.63) is 47.1 Å². The zero-order valence-electron chi connectivity index (χ0n) is 10.7. The minimum atomic E-state index is -3.63. The molecular weight excluding hydrogens is 300 g/mol. The summed E-state index contributed by atoms with van der Waals surface area (Å²) in [7, 11) is -2.19. The summed E-state index contributed by atoms with van der Waals surface area (Å²) in [6.45, 7) is 0. The largest absolute Gasteiger partial charge is 0.481 e. The number of nitrogen functional groups attached to an aromatic ring is 1. The van der Waals surface area contributed by atoms with Crippen molar-refractivity contribution >= 4 is 27.1 Å². The molecule has 0 aliphatic rings. The first-order valence-electron chi connectivity index (χ1n) is 5.69. The summed E-state index contributed by atoms with van der Waals surface area (Å²) in [6.07, 6.45) is 1.53. The fraction of sp³-hybridized carbons (Fsp3) is 0.154. The lowest BCUT2D eigenvalue weighted by molar-refractivity contribution is 0.394. The number of pyridine rings is 1. The van der Waals surface area contributed by atoms with Crippen LogP contribution in [0.1, 0.15) is 5.56 Å². The molecule has 0 bridgehead atoms. The van der Waals surface area contributed by atoms with Crippen LogP contribution in [0.2, 0.25) is 5.02 Å². The number of ether oxygens (including phenoxy) is 1. The van der Waals surface area contributed by atoms with Crippen LogP contribution in [0.25, 0.3) is 0 Å². The van der Waals surface area contributed by atoms with Crippen LogP contribution >= 0.6 is 11.6 Å². The molecular formula is C13H13ClN2O3S. The number of benzene rings is 1. The molecule has 5 nitrogen and oxygen atoms in total. The minimum absolute atomic E-state index is 0.00470. The maximum Gasteiger partial charge on any atom is 0.217 e. The zero-order chi connectivity index (χ0) is 14.8. The number of halogens is 1. The van der Waals surface area contributed by atoms with Crippen LogP contribution < -0.4 is 10.5 Å². The molecule has 0 amide bonds. The number of hydrogen-bond acceptors (Lipinski definition) is 5. The number of nitrogens with two attached hydrogens (primary N) is 1. The van der Waals surface area contributed by atoms with Gasteiger partial charge in [-0.2, -0.15) is 0 Å². The van der Waals surface area contributed by atoms with Gasteiger partial charge in [0.15, 0.2) is 9.84 Å². The highest BCUT2D eigenvalue weighted by Crippen LogP contribution is 2.28. The number of rotatable bonds is 4. The molecule has 0 aliphatic heterocycles. The fourth-order valence-corrected chi connectivity index (χ4v) is 3.69. The second-order valence-corrected chi connectivity index (χ2v) is 6.49. The number of sulfone groups is 1. The molecule has 0 saturated heterocycles. The number of methoxy groups -OCH3 is 1. The first kappa shape index (κ1) is 14.6. The third kappa shape index (κ3) is 3.02. The molecule has 0 atom stereocenters. The highest BCUT2D eigenvalue weighted by Gasteiger charge is 2.21. The average molecular weight is 313 g/mol. The first-order chi connectivity index (χ1) is 9.44. The Kier molecular flexibility index (Phi) is 4.15. The van der Waals surface area contributed by atoms with Crippen molar-refractivity contribution in [2.75, 3.05) is 12.8 Å². The highest BCUT2D eigenvalue weighted by molar-refractivity contribution is 7.90. The number of nitrogens with zero attached hydrogens (tertiary/aromatic N) is 1. The number of aromatic nitrogens is 1. The van der Waals surface area contributed by atoms with Crippen molar-refractivity contribution in [2.24, 2.45) is 0 Å². The van der Waals surface area contributed by atoms with E-state index >= 15 is 0 Å². The monoisotopic (exact) mass is 312 g/mol. The Bertz CT molecular complexity index is 732. The van der Waals surface area contributed by atoms with E-state index in [1.165, 1.54) is 25.4 Å². The Morgan fingerprint density at radius 3 is 2.80 bits per heavy atom. The number of anilines is 1. The Hall–Kier alpha value is -1.79. The lowest BCUT2D eigenvalue weighted by Gasteiger charge is -2.09.